The van der Waals surface area contributed by atoms with Crippen molar-refractivity contribution in [3.8, 4) is 0 Å². The van der Waals surface area contributed by atoms with Gasteiger partial charge < -0.3 is 35.4 Å². The molecule has 1 rings (SSSR count). The van der Waals surface area contributed by atoms with Crippen LogP contribution >= 0.6 is 0 Å². The molecule has 0 aromatic carbocycles. The molecule has 8 heteroatoms. The monoisotopic (exact) mass is 306 g/mol. The third-order valence-electron chi connectivity index (χ3n) is 3.61. The second kappa shape index (κ2) is 7.08. The summed E-state index contributed by atoms with van der Waals surface area (Å²) in [7, 11) is 0. The van der Waals surface area contributed by atoms with Crippen LogP contribution in [0.5, 0.6) is 0 Å². The minimum atomic E-state index is -2.16. The van der Waals surface area contributed by atoms with E-state index in [4.69, 9.17) is 9.84 Å². The number of ether oxygens (including phenoxy) is 1. The fourth-order valence-corrected chi connectivity index (χ4v) is 2.26. The molecule has 1 aliphatic rings. The molecule has 0 saturated heterocycles. The van der Waals surface area contributed by atoms with Crippen LogP contribution in [0.3, 0.4) is 0 Å². The fourth-order valence-electron chi connectivity index (χ4n) is 2.26. The van der Waals surface area contributed by atoms with Crippen LogP contribution in [0.1, 0.15) is 32.6 Å². The van der Waals surface area contributed by atoms with Crippen LogP contribution in [0.2, 0.25) is 0 Å². The van der Waals surface area contributed by atoms with Gasteiger partial charge in [-0.2, -0.15) is 0 Å². The van der Waals surface area contributed by atoms with Crippen LogP contribution in [0.15, 0.2) is 11.5 Å². The van der Waals surface area contributed by atoms with Crippen LogP contribution in [0.4, 0.5) is 0 Å². The average molecular weight is 306 g/mol. The van der Waals surface area contributed by atoms with Crippen molar-refractivity contribution in [3.63, 3.8) is 0 Å². The van der Waals surface area contributed by atoms with E-state index in [9.17, 15) is 30.3 Å². The number of carbonyl (C=O) groups excluding carboxylic acids is 1. The number of aliphatic hydroxyl groups excluding tert-OH is 6. The molecule has 0 saturated carbocycles. The maximum atomic E-state index is 11.3. The van der Waals surface area contributed by atoms with Gasteiger partial charge in [0.2, 0.25) is 11.4 Å². The van der Waals surface area contributed by atoms with E-state index >= 15 is 0 Å². The number of esters is 1. The Kier molecular flexibility index (Phi) is 5.97. The molecular formula is C13H22O8. The van der Waals surface area contributed by atoms with Crippen LogP contribution in [0, 0.1) is 0 Å². The Morgan fingerprint density at radius 1 is 1.19 bits per heavy atom. The first-order chi connectivity index (χ1) is 9.80. The van der Waals surface area contributed by atoms with Gasteiger partial charge in [-0.25, -0.2) is 4.79 Å². The van der Waals surface area contributed by atoms with E-state index in [1.54, 1.807) is 0 Å². The van der Waals surface area contributed by atoms with E-state index in [0.717, 1.165) is 6.42 Å². The molecule has 0 aromatic rings. The van der Waals surface area contributed by atoms with Crippen molar-refractivity contribution in [1.29, 1.82) is 0 Å². The molecule has 1 aliphatic heterocycles. The largest absolute Gasteiger partial charge is 0.505 e. The third kappa shape index (κ3) is 3.46. The quantitative estimate of drug-likeness (QED) is 0.321. The Balaban J connectivity index is 2.94. The second-order valence-electron chi connectivity index (χ2n) is 5.16. The molecule has 0 amide bonds. The second-order valence-corrected chi connectivity index (χ2v) is 5.16. The molecular weight excluding hydrogens is 284 g/mol. The molecule has 0 aliphatic carbocycles. The zero-order valence-electron chi connectivity index (χ0n) is 11.8. The van der Waals surface area contributed by atoms with Crippen molar-refractivity contribution in [1.82, 2.24) is 0 Å². The standard InChI is InChI=1S/C13H22O8/c1-2-3-4-7(15)8(16)5-13(9(17)6-14)11(19)10(18)12(20)21-13/h7-9,14-19H,2-6H2,1H3/t7?,8?,9-,13+/m0/s1. The number of cyclic esters (lactones) is 1. The number of unbranched alkanes of at least 4 members (excludes halogenated alkanes) is 1. The van der Waals surface area contributed by atoms with Gasteiger partial charge in [0.05, 0.1) is 18.8 Å². The van der Waals surface area contributed by atoms with E-state index < -0.39 is 54.4 Å². The lowest BCUT2D eigenvalue weighted by molar-refractivity contribution is -0.171. The van der Waals surface area contributed by atoms with Crippen molar-refractivity contribution < 1.29 is 40.2 Å². The lowest BCUT2D eigenvalue weighted by Crippen LogP contribution is -2.50. The van der Waals surface area contributed by atoms with Crippen molar-refractivity contribution in [2.45, 2.75) is 56.5 Å². The predicted octanol–water partition coefficient (Wildman–Crippen LogP) is -0.735. The van der Waals surface area contributed by atoms with Crippen molar-refractivity contribution in [3.05, 3.63) is 11.5 Å². The maximum Gasteiger partial charge on any atom is 0.378 e. The molecule has 122 valence electrons. The van der Waals surface area contributed by atoms with Gasteiger partial charge in [0.25, 0.3) is 0 Å². The van der Waals surface area contributed by atoms with E-state index in [1.807, 2.05) is 6.92 Å². The molecule has 0 spiro atoms. The molecule has 4 atom stereocenters. The van der Waals surface area contributed by atoms with Crippen LogP contribution in [0.25, 0.3) is 0 Å². The lowest BCUT2D eigenvalue weighted by atomic mass is 9.86. The molecule has 8 nitrogen and oxygen atoms in total. The summed E-state index contributed by atoms with van der Waals surface area (Å²) >= 11 is 0. The van der Waals surface area contributed by atoms with Crippen molar-refractivity contribution >= 4 is 5.97 Å². The van der Waals surface area contributed by atoms with Gasteiger partial charge in [0.1, 0.15) is 6.10 Å². The highest BCUT2D eigenvalue weighted by atomic mass is 16.6. The van der Waals surface area contributed by atoms with Gasteiger partial charge in [-0.1, -0.05) is 19.8 Å². The van der Waals surface area contributed by atoms with Gasteiger partial charge in [-0.3, -0.25) is 0 Å². The lowest BCUT2D eigenvalue weighted by Gasteiger charge is -2.34. The molecule has 0 bridgehead atoms. The summed E-state index contributed by atoms with van der Waals surface area (Å²) in [5.74, 6) is -3.32. The summed E-state index contributed by atoms with van der Waals surface area (Å²) in [6.07, 6.45) is -3.13. The summed E-state index contributed by atoms with van der Waals surface area (Å²) in [6, 6.07) is 0. The van der Waals surface area contributed by atoms with Gasteiger partial charge in [0.15, 0.2) is 5.76 Å². The Labute approximate surface area is 121 Å². The van der Waals surface area contributed by atoms with Crippen LogP contribution in [-0.2, 0) is 9.53 Å². The first-order valence-corrected chi connectivity index (χ1v) is 6.81. The minimum absolute atomic E-state index is 0.285. The molecule has 0 radical (unpaired) electrons. The Hall–Kier alpha value is -1.35. The van der Waals surface area contributed by atoms with Crippen molar-refractivity contribution in [2.24, 2.45) is 0 Å². The van der Waals surface area contributed by atoms with Crippen LogP contribution in [-0.4, -0.2) is 67.1 Å². The first kappa shape index (κ1) is 17.7. The summed E-state index contributed by atoms with van der Waals surface area (Å²) in [4.78, 5) is 11.3. The van der Waals surface area contributed by atoms with Crippen LogP contribution < -0.4 is 0 Å². The highest BCUT2D eigenvalue weighted by Crippen LogP contribution is 2.38. The number of hydrogen-bond acceptors (Lipinski definition) is 8. The van der Waals surface area contributed by atoms with Gasteiger partial charge in [-0.15, -0.1) is 0 Å². The van der Waals surface area contributed by atoms with Gasteiger partial charge >= 0.3 is 5.97 Å². The van der Waals surface area contributed by atoms with E-state index in [2.05, 4.69) is 0 Å². The summed E-state index contributed by atoms with van der Waals surface area (Å²) in [5.41, 5.74) is -2.16. The Morgan fingerprint density at radius 2 is 1.81 bits per heavy atom. The first-order valence-electron chi connectivity index (χ1n) is 6.81. The average Bonchev–Trinajstić information content (AvgIpc) is 2.68. The summed E-state index contributed by atoms with van der Waals surface area (Å²) in [5, 5.41) is 57.8. The molecule has 21 heavy (non-hydrogen) atoms. The number of carbonyl (C=O) groups is 1. The Morgan fingerprint density at radius 3 is 2.24 bits per heavy atom. The molecule has 6 N–H and O–H groups in total. The number of rotatable bonds is 8. The summed E-state index contributed by atoms with van der Waals surface area (Å²) in [6.45, 7) is 1.03. The molecule has 0 aromatic heterocycles. The summed E-state index contributed by atoms with van der Waals surface area (Å²) < 4.78 is 4.76. The smallest absolute Gasteiger partial charge is 0.378 e. The molecule has 2 unspecified atom stereocenters. The normalized spacial score (nSPS) is 26.6. The fraction of sp³-hybridized carbons (Fsp3) is 0.769. The highest BCUT2D eigenvalue weighted by molar-refractivity contribution is 5.90. The third-order valence-corrected chi connectivity index (χ3v) is 3.61. The Bertz CT molecular complexity index is 407. The topological polar surface area (TPSA) is 148 Å². The number of aliphatic hydroxyl groups is 6. The zero-order chi connectivity index (χ0) is 16.2. The predicted molar refractivity (Wildman–Crippen MR) is 70.4 cm³/mol. The maximum absolute atomic E-state index is 11.3. The van der Waals surface area contributed by atoms with Gasteiger partial charge in [0, 0.05) is 6.42 Å². The number of hydrogen-bond donors (Lipinski definition) is 6. The van der Waals surface area contributed by atoms with E-state index in [-0.39, 0.29) is 6.42 Å². The van der Waals surface area contributed by atoms with Crippen molar-refractivity contribution in [2.75, 3.05) is 6.61 Å². The van der Waals surface area contributed by atoms with E-state index in [1.165, 1.54) is 0 Å². The molecule has 0 fully saturated rings. The SMILES string of the molecule is CCCCC(O)C(O)C[C@]1([C@@H](O)CO)OC(=O)C(O)=C1O. The van der Waals surface area contributed by atoms with Gasteiger partial charge in [-0.05, 0) is 6.42 Å². The zero-order valence-corrected chi connectivity index (χ0v) is 11.8. The molecule has 1 heterocycles. The highest BCUT2D eigenvalue weighted by Gasteiger charge is 2.55. The minimum Gasteiger partial charge on any atom is -0.505 e. The van der Waals surface area contributed by atoms with E-state index in [0.29, 0.717) is 6.42 Å².